The molecule has 126 valence electrons. The van der Waals surface area contributed by atoms with E-state index in [1.54, 1.807) is 31.2 Å². The van der Waals surface area contributed by atoms with Crippen LogP contribution in [0.15, 0.2) is 48.5 Å². The lowest BCUT2D eigenvalue weighted by molar-refractivity contribution is -0.148. The van der Waals surface area contributed by atoms with Crippen molar-refractivity contribution in [1.82, 2.24) is 5.32 Å². The van der Waals surface area contributed by atoms with Crippen LogP contribution in [0.25, 0.3) is 0 Å². The minimum Gasteiger partial charge on any atom is -0.455 e. The predicted molar refractivity (Wildman–Crippen MR) is 89.1 cm³/mol. The molecule has 0 fully saturated rings. The zero-order valence-electron chi connectivity index (χ0n) is 13.1. The van der Waals surface area contributed by atoms with E-state index in [-0.39, 0.29) is 18.0 Å². The lowest BCUT2D eigenvalue weighted by Gasteiger charge is -2.14. The van der Waals surface area contributed by atoms with Crippen molar-refractivity contribution >= 4 is 23.5 Å². The topological polar surface area (TPSA) is 55.4 Å². The van der Waals surface area contributed by atoms with Gasteiger partial charge in [0.2, 0.25) is 0 Å². The molecule has 0 heterocycles. The third-order valence-electron chi connectivity index (χ3n) is 3.38. The minimum atomic E-state index is -0.661. The standard InChI is InChI=1S/C18H17ClFNO3/c1-12(13-6-4-7-15(19)9-13)21-17(22)11-24-18(23)10-14-5-2-3-8-16(14)20/h2-9,12H,10-11H2,1H3,(H,21,22)/t12-/m1/s1. The average molecular weight is 350 g/mol. The van der Waals surface area contributed by atoms with E-state index in [1.165, 1.54) is 18.2 Å². The molecule has 2 rings (SSSR count). The summed E-state index contributed by atoms with van der Waals surface area (Å²) >= 11 is 5.91. The van der Waals surface area contributed by atoms with Gasteiger partial charge in [-0.1, -0.05) is 41.9 Å². The molecule has 0 spiro atoms. The number of rotatable bonds is 6. The normalized spacial score (nSPS) is 11.6. The largest absolute Gasteiger partial charge is 0.455 e. The number of carbonyl (C=O) groups is 2. The van der Waals surface area contributed by atoms with Crippen molar-refractivity contribution in [3.05, 3.63) is 70.5 Å². The summed E-state index contributed by atoms with van der Waals surface area (Å²) < 4.78 is 18.3. The van der Waals surface area contributed by atoms with Crippen molar-refractivity contribution in [3.8, 4) is 0 Å². The van der Waals surface area contributed by atoms with E-state index in [9.17, 15) is 14.0 Å². The van der Waals surface area contributed by atoms with E-state index in [4.69, 9.17) is 16.3 Å². The van der Waals surface area contributed by atoms with Gasteiger partial charge in [0.25, 0.3) is 5.91 Å². The SMILES string of the molecule is C[C@@H](NC(=O)COC(=O)Cc1ccccc1F)c1cccc(Cl)c1. The molecule has 0 aromatic heterocycles. The van der Waals surface area contributed by atoms with Gasteiger partial charge in [-0.25, -0.2) is 4.39 Å². The summed E-state index contributed by atoms with van der Waals surface area (Å²) in [5, 5.41) is 3.28. The fraction of sp³-hybridized carbons (Fsp3) is 0.222. The Morgan fingerprint density at radius 3 is 2.67 bits per heavy atom. The maximum atomic E-state index is 13.4. The molecule has 2 aromatic rings. The molecule has 2 aromatic carbocycles. The minimum absolute atomic E-state index is 0.218. The van der Waals surface area contributed by atoms with Crippen LogP contribution in [0.1, 0.15) is 24.1 Å². The Labute approximate surface area is 144 Å². The van der Waals surface area contributed by atoms with E-state index in [0.717, 1.165) is 5.56 Å². The first-order valence-electron chi connectivity index (χ1n) is 7.39. The van der Waals surface area contributed by atoms with Crippen LogP contribution in [-0.4, -0.2) is 18.5 Å². The number of hydrogen-bond acceptors (Lipinski definition) is 3. The van der Waals surface area contributed by atoms with Gasteiger partial charge in [0, 0.05) is 5.02 Å². The Hall–Kier alpha value is -2.40. The van der Waals surface area contributed by atoms with Gasteiger partial charge in [-0.15, -0.1) is 0 Å². The van der Waals surface area contributed by atoms with Gasteiger partial charge in [-0.05, 0) is 36.2 Å². The van der Waals surface area contributed by atoms with Crippen LogP contribution in [0.2, 0.25) is 5.02 Å². The third-order valence-corrected chi connectivity index (χ3v) is 3.62. The Morgan fingerprint density at radius 1 is 1.21 bits per heavy atom. The van der Waals surface area contributed by atoms with Crippen molar-refractivity contribution in [1.29, 1.82) is 0 Å². The highest BCUT2D eigenvalue weighted by Gasteiger charge is 2.13. The molecule has 0 aliphatic heterocycles. The Morgan fingerprint density at radius 2 is 1.96 bits per heavy atom. The molecule has 24 heavy (non-hydrogen) atoms. The molecular weight excluding hydrogens is 333 g/mol. The second kappa shape index (κ2) is 8.45. The predicted octanol–water partition coefficient (Wildman–Crippen LogP) is 3.44. The number of ether oxygens (including phenoxy) is 1. The number of hydrogen-bond donors (Lipinski definition) is 1. The number of nitrogens with one attached hydrogen (secondary N) is 1. The van der Waals surface area contributed by atoms with Crippen LogP contribution in [0.3, 0.4) is 0 Å². The molecule has 0 unspecified atom stereocenters. The molecule has 6 heteroatoms. The highest BCUT2D eigenvalue weighted by atomic mass is 35.5. The number of halogens is 2. The number of esters is 1. The molecule has 0 aliphatic carbocycles. The molecule has 1 atom stereocenters. The Kier molecular flexibility index (Phi) is 6.32. The fourth-order valence-electron chi connectivity index (χ4n) is 2.14. The molecule has 0 aliphatic rings. The summed E-state index contributed by atoms with van der Waals surface area (Å²) in [6, 6.07) is 12.8. The van der Waals surface area contributed by atoms with Crippen LogP contribution in [0.5, 0.6) is 0 Å². The lowest BCUT2D eigenvalue weighted by Crippen LogP contribution is -2.31. The molecule has 0 saturated carbocycles. The van der Waals surface area contributed by atoms with Crippen LogP contribution in [0.4, 0.5) is 4.39 Å². The molecule has 1 N–H and O–H groups in total. The van der Waals surface area contributed by atoms with Gasteiger partial charge in [-0.3, -0.25) is 9.59 Å². The monoisotopic (exact) mass is 349 g/mol. The second-order valence-electron chi connectivity index (χ2n) is 5.27. The smallest absolute Gasteiger partial charge is 0.310 e. The summed E-state index contributed by atoms with van der Waals surface area (Å²) in [5.41, 5.74) is 1.07. The van der Waals surface area contributed by atoms with E-state index in [2.05, 4.69) is 5.32 Å². The maximum absolute atomic E-state index is 13.4. The van der Waals surface area contributed by atoms with Crippen molar-refractivity contribution in [3.63, 3.8) is 0 Å². The first-order chi connectivity index (χ1) is 11.5. The van der Waals surface area contributed by atoms with Crippen molar-refractivity contribution in [2.45, 2.75) is 19.4 Å². The van der Waals surface area contributed by atoms with Gasteiger partial charge in [-0.2, -0.15) is 0 Å². The molecule has 0 bridgehead atoms. The Bertz CT molecular complexity index is 736. The van der Waals surface area contributed by atoms with Gasteiger partial charge in [0.15, 0.2) is 6.61 Å². The van der Waals surface area contributed by atoms with Crippen LogP contribution < -0.4 is 5.32 Å². The van der Waals surface area contributed by atoms with Crippen LogP contribution in [-0.2, 0) is 20.7 Å². The molecule has 0 saturated heterocycles. The quantitative estimate of drug-likeness (QED) is 0.813. The van der Waals surface area contributed by atoms with Crippen LogP contribution in [0, 0.1) is 5.82 Å². The van der Waals surface area contributed by atoms with Gasteiger partial charge >= 0.3 is 5.97 Å². The lowest BCUT2D eigenvalue weighted by atomic mass is 10.1. The maximum Gasteiger partial charge on any atom is 0.310 e. The van der Waals surface area contributed by atoms with Crippen molar-refractivity contribution < 1.29 is 18.7 Å². The summed E-state index contributed by atoms with van der Waals surface area (Å²) in [5.74, 6) is -1.58. The Balaban J connectivity index is 1.80. The fourth-order valence-corrected chi connectivity index (χ4v) is 2.34. The highest BCUT2D eigenvalue weighted by molar-refractivity contribution is 6.30. The summed E-state index contributed by atoms with van der Waals surface area (Å²) in [7, 11) is 0. The molecule has 4 nitrogen and oxygen atoms in total. The molecular formula is C18H17ClFNO3. The third kappa shape index (κ3) is 5.35. The van der Waals surface area contributed by atoms with Crippen molar-refractivity contribution in [2.75, 3.05) is 6.61 Å². The average Bonchev–Trinajstić information content (AvgIpc) is 2.55. The molecule has 0 radical (unpaired) electrons. The number of benzene rings is 2. The van der Waals surface area contributed by atoms with Gasteiger partial charge in [0.1, 0.15) is 5.82 Å². The van der Waals surface area contributed by atoms with E-state index in [0.29, 0.717) is 5.02 Å². The number of amides is 1. The highest BCUT2D eigenvalue weighted by Crippen LogP contribution is 2.17. The number of carbonyl (C=O) groups excluding carboxylic acids is 2. The zero-order chi connectivity index (χ0) is 17.5. The van der Waals surface area contributed by atoms with E-state index < -0.39 is 24.3 Å². The summed E-state index contributed by atoms with van der Waals surface area (Å²) in [6.45, 7) is 1.38. The second-order valence-corrected chi connectivity index (χ2v) is 5.71. The van der Waals surface area contributed by atoms with Gasteiger partial charge in [0.05, 0.1) is 12.5 Å². The van der Waals surface area contributed by atoms with Crippen molar-refractivity contribution in [2.24, 2.45) is 0 Å². The van der Waals surface area contributed by atoms with E-state index >= 15 is 0 Å². The zero-order valence-corrected chi connectivity index (χ0v) is 13.8. The molecule has 1 amide bonds. The summed E-state index contributed by atoms with van der Waals surface area (Å²) in [4.78, 5) is 23.5. The first-order valence-corrected chi connectivity index (χ1v) is 7.77. The van der Waals surface area contributed by atoms with Crippen LogP contribution >= 0.6 is 11.6 Å². The van der Waals surface area contributed by atoms with E-state index in [1.807, 2.05) is 6.07 Å². The summed E-state index contributed by atoms with van der Waals surface area (Å²) in [6.07, 6.45) is -0.218. The van der Waals surface area contributed by atoms with Gasteiger partial charge < -0.3 is 10.1 Å². The first kappa shape index (κ1) is 17.9.